The first kappa shape index (κ1) is 29.1. The summed E-state index contributed by atoms with van der Waals surface area (Å²) in [7, 11) is 0. The number of nitrogens with zero attached hydrogens (tertiary/aromatic N) is 2. The highest BCUT2D eigenvalue weighted by Crippen LogP contribution is 2.40. The third kappa shape index (κ3) is 7.19. The minimum atomic E-state index is -0.785. The molecule has 2 aliphatic heterocycles. The molecule has 0 saturated carbocycles. The fraction of sp³-hybridized carbons (Fsp3) is 0.433. The van der Waals surface area contributed by atoms with Gasteiger partial charge in [0.25, 0.3) is 17.6 Å². The van der Waals surface area contributed by atoms with E-state index in [0.29, 0.717) is 61.3 Å². The molecule has 10 heteroatoms. The molecule has 0 radical (unpaired) electrons. The van der Waals surface area contributed by atoms with Gasteiger partial charge in [-0.1, -0.05) is 26.0 Å². The van der Waals surface area contributed by atoms with Crippen LogP contribution in [0.5, 0.6) is 11.5 Å². The van der Waals surface area contributed by atoms with Gasteiger partial charge in [0.15, 0.2) is 6.61 Å². The Morgan fingerprint density at radius 1 is 1.00 bits per heavy atom. The smallest absolute Gasteiger partial charge is 0.295 e. The molecule has 214 valence electrons. The van der Waals surface area contributed by atoms with Gasteiger partial charge in [-0.15, -0.1) is 0 Å². The van der Waals surface area contributed by atoms with E-state index in [1.54, 1.807) is 48.5 Å². The fourth-order valence-corrected chi connectivity index (χ4v) is 4.77. The number of morpholine rings is 1. The fourth-order valence-electron chi connectivity index (χ4n) is 4.77. The summed E-state index contributed by atoms with van der Waals surface area (Å²) in [5.41, 5.74) is 6.24. The highest BCUT2D eigenvalue weighted by atomic mass is 16.5. The van der Waals surface area contributed by atoms with Crippen LogP contribution < -0.4 is 15.2 Å². The molecule has 3 N–H and O–H groups in total. The number of hydrogen-bond acceptors (Lipinski definition) is 8. The normalized spacial score (nSPS) is 19.3. The summed E-state index contributed by atoms with van der Waals surface area (Å²) in [4.78, 5) is 41.5. The van der Waals surface area contributed by atoms with Crippen molar-refractivity contribution in [3.05, 3.63) is 65.2 Å². The largest absolute Gasteiger partial charge is 0.507 e. The SMILES string of the molecule is CC(C)COc1ccc(C(O)=C2C(=O)C(=O)N(CCCN3CCOCC3)C2c2ccc(OCC(N)=O)cc2)cc1. The minimum Gasteiger partial charge on any atom is -0.507 e. The van der Waals surface area contributed by atoms with Crippen molar-refractivity contribution in [2.24, 2.45) is 11.7 Å². The van der Waals surface area contributed by atoms with Crippen molar-refractivity contribution in [1.29, 1.82) is 0 Å². The number of rotatable bonds is 12. The average molecular weight is 552 g/mol. The average Bonchev–Trinajstić information content (AvgIpc) is 3.21. The maximum atomic E-state index is 13.3. The number of hydrogen-bond donors (Lipinski definition) is 2. The third-order valence-electron chi connectivity index (χ3n) is 6.81. The van der Waals surface area contributed by atoms with E-state index in [-0.39, 0.29) is 17.9 Å². The summed E-state index contributed by atoms with van der Waals surface area (Å²) in [6.07, 6.45) is 0.658. The topological polar surface area (TPSA) is 132 Å². The number of amides is 2. The lowest BCUT2D eigenvalue weighted by Gasteiger charge is -2.29. The Morgan fingerprint density at radius 3 is 2.25 bits per heavy atom. The van der Waals surface area contributed by atoms with E-state index < -0.39 is 23.6 Å². The van der Waals surface area contributed by atoms with Crippen LogP contribution in [0.1, 0.15) is 37.4 Å². The molecule has 2 amide bonds. The van der Waals surface area contributed by atoms with E-state index in [1.165, 1.54) is 4.90 Å². The van der Waals surface area contributed by atoms with Crippen LogP contribution >= 0.6 is 0 Å². The second-order valence-electron chi connectivity index (χ2n) is 10.4. The zero-order valence-corrected chi connectivity index (χ0v) is 23.0. The van der Waals surface area contributed by atoms with Crippen molar-refractivity contribution < 1.29 is 33.7 Å². The number of carbonyl (C=O) groups is 3. The second kappa shape index (κ2) is 13.5. The number of ketones is 1. The van der Waals surface area contributed by atoms with Crippen LogP contribution in [0.4, 0.5) is 0 Å². The van der Waals surface area contributed by atoms with Crippen molar-refractivity contribution in [2.45, 2.75) is 26.3 Å². The predicted molar refractivity (Wildman–Crippen MR) is 149 cm³/mol. The maximum Gasteiger partial charge on any atom is 0.295 e. The molecule has 2 fully saturated rings. The van der Waals surface area contributed by atoms with Gasteiger partial charge < -0.3 is 30.0 Å². The Hall–Kier alpha value is -3.89. The van der Waals surface area contributed by atoms with Gasteiger partial charge in [0, 0.05) is 31.7 Å². The Labute approximate surface area is 234 Å². The molecular weight excluding hydrogens is 514 g/mol. The number of aliphatic hydroxyl groups excluding tert-OH is 1. The highest BCUT2D eigenvalue weighted by molar-refractivity contribution is 6.46. The van der Waals surface area contributed by atoms with Crippen LogP contribution in [-0.4, -0.2) is 85.1 Å². The van der Waals surface area contributed by atoms with Crippen LogP contribution in [0.25, 0.3) is 5.76 Å². The molecule has 0 spiro atoms. The van der Waals surface area contributed by atoms with Crippen molar-refractivity contribution in [3.63, 3.8) is 0 Å². The molecule has 0 bridgehead atoms. The number of aliphatic hydroxyl groups is 1. The van der Waals surface area contributed by atoms with Gasteiger partial charge >= 0.3 is 0 Å². The van der Waals surface area contributed by atoms with Crippen LogP contribution in [0.3, 0.4) is 0 Å². The number of benzene rings is 2. The molecule has 2 aromatic carbocycles. The van der Waals surface area contributed by atoms with Crippen molar-refractivity contribution in [1.82, 2.24) is 9.80 Å². The number of nitrogens with two attached hydrogens (primary N) is 1. The first-order valence-corrected chi connectivity index (χ1v) is 13.6. The van der Waals surface area contributed by atoms with Gasteiger partial charge in [0.1, 0.15) is 17.3 Å². The summed E-state index contributed by atoms with van der Waals surface area (Å²) >= 11 is 0. The predicted octanol–water partition coefficient (Wildman–Crippen LogP) is 2.73. The van der Waals surface area contributed by atoms with Crippen molar-refractivity contribution in [3.8, 4) is 11.5 Å². The standard InChI is InChI=1S/C30H37N3O7/c1-20(2)18-39-23-10-6-22(7-11-23)28(35)26-27(21-4-8-24(9-5-21)40-19-25(31)34)33(30(37)29(26)36)13-3-12-32-14-16-38-17-15-32/h4-11,20,27,35H,3,12-19H2,1-2H3,(H2,31,34). The zero-order valence-electron chi connectivity index (χ0n) is 23.0. The first-order valence-electron chi connectivity index (χ1n) is 13.6. The summed E-state index contributed by atoms with van der Waals surface area (Å²) in [6, 6.07) is 12.8. The zero-order chi connectivity index (χ0) is 28.6. The van der Waals surface area contributed by atoms with Crippen LogP contribution in [0.2, 0.25) is 0 Å². The molecule has 0 aliphatic carbocycles. The van der Waals surface area contributed by atoms with E-state index in [1.807, 2.05) is 0 Å². The molecule has 2 heterocycles. The molecule has 4 rings (SSSR count). The van der Waals surface area contributed by atoms with Crippen LogP contribution in [0, 0.1) is 5.92 Å². The van der Waals surface area contributed by atoms with Crippen molar-refractivity contribution in [2.75, 3.05) is 52.6 Å². The molecule has 1 unspecified atom stereocenters. The molecule has 2 aliphatic rings. The summed E-state index contributed by atoms with van der Waals surface area (Å²) in [5.74, 6) is -0.801. The van der Waals surface area contributed by atoms with Crippen molar-refractivity contribution >= 4 is 23.4 Å². The second-order valence-corrected chi connectivity index (χ2v) is 10.4. The van der Waals surface area contributed by atoms with Gasteiger partial charge in [0.05, 0.1) is 31.4 Å². The number of Topliss-reactive ketones (excluding diaryl/α,β-unsaturated/α-hetero) is 1. The Kier molecular flexibility index (Phi) is 9.79. The Morgan fingerprint density at radius 2 is 1.62 bits per heavy atom. The molecule has 40 heavy (non-hydrogen) atoms. The number of likely N-dealkylation sites (tertiary alicyclic amines) is 1. The minimum absolute atomic E-state index is 0.0259. The summed E-state index contributed by atoms with van der Waals surface area (Å²) in [5, 5.41) is 11.3. The molecule has 2 saturated heterocycles. The van der Waals surface area contributed by atoms with E-state index in [2.05, 4.69) is 18.7 Å². The molecule has 10 nitrogen and oxygen atoms in total. The highest BCUT2D eigenvalue weighted by Gasteiger charge is 2.45. The van der Waals surface area contributed by atoms with Gasteiger partial charge in [-0.25, -0.2) is 0 Å². The van der Waals surface area contributed by atoms with Gasteiger partial charge in [-0.2, -0.15) is 0 Å². The first-order chi connectivity index (χ1) is 19.2. The molecule has 0 aromatic heterocycles. The van der Waals surface area contributed by atoms with Gasteiger partial charge in [0.2, 0.25) is 0 Å². The molecular formula is C30H37N3O7. The quantitative estimate of drug-likeness (QED) is 0.234. The molecule has 2 aromatic rings. The lowest BCUT2D eigenvalue weighted by atomic mass is 9.95. The van der Waals surface area contributed by atoms with Gasteiger partial charge in [-0.05, 0) is 54.3 Å². The van der Waals surface area contributed by atoms with Crippen LogP contribution in [0.15, 0.2) is 54.1 Å². The summed E-state index contributed by atoms with van der Waals surface area (Å²) < 4.78 is 16.5. The lowest BCUT2D eigenvalue weighted by molar-refractivity contribution is -0.140. The molecule has 1 atom stereocenters. The monoisotopic (exact) mass is 551 g/mol. The Bertz CT molecular complexity index is 1220. The summed E-state index contributed by atoms with van der Waals surface area (Å²) in [6.45, 7) is 8.50. The van der Waals surface area contributed by atoms with E-state index >= 15 is 0 Å². The van der Waals surface area contributed by atoms with E-state index in [4.69, 9.17) is 19.9 Å². The number of ether oxygens (including phenoxy) is 3. The van der Waals surface area contributed by atoms with Gasteiger partial charge in [-0.3, -0.25) is 19.3 Å². The maximum absolute atomic E-state index is 13.3. The Balaban J connectivity index is 1.62. The third-order valence-corrected chi connectivity index (χ3v) is 6.81. The number of carbonyl (C=O) groups excluding carboxylic acids is 3. The number of primary amides is 1. The lowest BCUT2D eigenvalue weighted by Crippen LogP contribution is -2.38. The van der Waals surface area contributed by atoms with E-state index in [0.717, 1.165) is 19.6 Å². The van der Waals surface area contributed by atoms with Crippen LogP contribution in [-0.2, 0) is 19.1 Å². The van der Waals surface area contributed by atoms with E-state index in [9.17, 15) is 19.5 Å².